The van der Waals surface area contributed by atoms with Crippen LogP contribution >= 0.6 is 0 Å². The quantitative estimate of drug-likeness (QED) is 0.669. The van der Waals surface area contributed by atoms with E-state index >= 15 is 0 Å². The van der Waals surface area contributed by atoms with E-state index in [1.54, 1.807) is 7.05 Å². The van der Waals surface area contributed by atoms with E-state index < -0.39 is 4.92 Å². The Morgan fingerprint density at radius 2 is 2.26 bits per heavy atom. The van der Waals surface area contributed by atoms with E-state index in [0.717, 1.165) is 19.3 Å². The van der Waals surface area contributed by atoms with Crippen LogP contribution in [0.25, 0.3) is 0 Å². The van der Waals surface area contributed by atoms with E-state index in [2.05, 4.69) is 17.2 Å². The van der Waals surface area contributed by atoms with E-state index in [0.29, 0.717) is 17.6 Å². The van der Waals surface area contributed by atoms with Gasteiger partial charge >= 0.3 is 0 Å². The molecule has 19 heavy (non-hydrogen) atoms. The zero-order chi connectivity index (χ0) is 13.8. The second kappa shape index (κ2) is 5.86. The van der Waals surface area contributed by atoms with Crippen molar-refractivity contribution in [3.8, 4) is 5.88 Å². The molecule has 1 heterocycles. The van der Waals surface area contributed by atoms with Gasteiger partial charge in [-0.25, -0.2) is 0 Å². The number of aromatic nitrogens is 1. The zero-order valence-corrected chi connectivity index (χ0v) is 11.3. The van der Waals surface area contributed by atoms with Crippen molar-refractivity contribution in [1.82, 2.24) is 4.98 Å². The van der Waals surface area contributed by atoms with Gasteiger partial charge in [-0.15, -0.1) is 0 Å². The molecule has 0 bridgehead atoms. The predicted octanol–water partition coefficient (Wildman–Crippen LogP) is 2.99. The summed E-state index contributed by atoms with van der Waals surface area (Å²) in [6.45, 7) is 2.20. The second-order valence-electron chi connectivity index (χ2n) is 5.07. The van der Waals surface area contributed by atoms with Crippen LogP contribution in [0, 0.1) is 16.0 Å². The first-order chi connectivity index (χ1) is 9.08. The summed E-state index contributed by atoms with van der Waals surface area (Å²) < 4.78 is 5.80. The molecule has 1 aliphatic rings. The number of ether oxygens (including phenoxy) is 1. The molecule has 1 saturated carbocycles. The maximum atomic E-state index is 10.9. The lowest BCUT2D eigenvalue weighted by atomic mass is 9.89. The number of rotatable bonds is 4. The summed E-state index contributed by atoms with van der Waals surface area (Å²) in [5, 5.41) is 13.7. The van der Waals surface area contributed by atoms with Crippen molar-refractivity contribution in [2.75, 3.05) is 12.4 Å². The van der Waals surface area contributed by atoms with Crippen LogP contribution in [0.1, 0.15) is 32.6 Å². The number of nitrogens with zero attached hydrogens (tertiary/aromatic N) is 2. The van der Waals surface area contributed by atoms with Crippen LogP contribution < -0.4 is 10.1 Å². The van der Waals surface area contributed by atoms with E-state index in [1.807, 2.05) is 0 Å². The molecular formula is C13H19N3O3. The Morgan fingerprint density at radius 3 is 2.89 bits per heavy atom. The number of anilines is 1. The molecule has 0 aliphatic heterocycles. The summed E-state index contributed by atoms with van der Waals surface area (Å²) in [4.78, 5) is 14.6. The second-order valence-corrected chi connectivity index (χ2v) is 5.07. The minimum atomic E-state index is -0.432. The topological polar surface area (TPSA) is 77.3 Å². The first kappa shape index (κ1) is 13.6. The normalized spacial score (nSPS) is 22.8. The van der Waals surface area contributed by atoms with Crippen LogP contribution in [0.5, 0.6) is 5.88 Å². The van der Waals surface area contributed by atoms with Gasteiger partial charge in [0.05, 0.1) is 17.1 Å². The number of nitro groups is 1. The lowest BCUT2D eigenvalue weighted by Crippen LogP contribution is -2.24. The Morgan fingerprint density at radius 1 is 1.47 bits per heavy atom. The average molecular weight is 265 g/mol. The van der Waals surface area contributed by atoms with Crippen LogP contribution in [0.2, 0.25) is 0 Å². The van der Waals surface area contributed by atoms with Crippen LogP contribution in [0.3, 0.4) is 0 Å². The smallest absolute Gasteiger partial charge is 0.278 e. The molecule has 1 aromatic heterocycles. The Balaban J connectivity index is 2.14. The Labute approximate surface area is 112 Å². The van der Waals surface area contributed by atoms with Gasteiger partial charge in [-0.3, -0.25) is 10.1 Å². The molecular weight excluding hydrogens is 246 g/mol. The largest absolute Gasteiger partial charge is 0.474 e. The summed E-state index contributed by atoms with van der Waals surface area (Å²) in [7, 11) is 1.68. The molecule has 0 saturated heterocycles. The van der Waals surface area contributed by atoms with Crippen LogP contribution in [0.4, 0.5) is 11.5 Å². The van der Waals surface area contributed by atoms with Gasteiger partial charge in [0, 0.05) is 7.05 Å². The molecule has 1 aromatic rings. The number of pyridine rings is 1. The Kier molecular flexibility index (Phi) is 4.19. The first-order valence-corrected chi connectivity index (χ1v) is 6.59. The van der Waals surface area contributed by atoms with Gasteiger partial charge in [-0.1, -0.05) is 13.3 Å². The summed E-state index contributed by atoms with van der Waals surface area (Å²) in [5.74, 6) is 1.42. The van der Waals surface area contributed by atoms with Crippen molar-refractivity contribution in [3.63, 3.8) is 0 Å². The lowest BCUT2D eigenvalue weighted by Gasteiger charge is -2.26. The zero-order valence-electron chi connectivity index (χ0n) is 11.3. The molecule has 2 unspecified atom stereocenters. The van der Waals surface area contributed by atoms with Gasteiger partial charge in [0.15, 0.2) is 0 Å². The van der Waals surface area contributed by atoms with Crippen molar-refractivity contribution < 1.29 is 9.66 Å². The van der Waals surface area contributed by atoms with Gasteiger partial charge < -0.3 is 10.1 Å². The number of nitrogens with one attached hydrogen (secondary N) is 1. The molecule has 0 aromatic carbocycles. The van der Waals surface area contributed by atoms with E-state index in [1.165, 1.54) is 18.6 Å². The van der Waals surface area contributed by atoms with Crippen LogP contribution in [-0.2, 0) is 0 Å². The molecule has 1 fully saturated rings. The van der Waals surface area contributed by atoms with E-state index in [9.17, 15) is 10.1 Å². The molecule has 6 nitrogen and oxygen atoms in total. The van der Waals surface area contributed by atoms with Gasteiger partial charge in [0.2, 0.25) is 5.88 Å². The molecule has 1 aliphatic carbocycles. The highest BCUT2D eigenvalue weighted by Gasteiger charge is 2.22. The SMILES string of the molecule is CNc1cc([N+](=O)[O-])cc(OC2CCCC(C)C2)n1. The van der Waals surface area contributed by atoms with Gasteiger partial charge in [-0.2, -0.15) is 4.98 Å². The monoisotopic (exact) mass is 265 g/mol. The highest BCUT2D eigenvalue weighted by Crippen LogP contribution is 2.29. The van der Waals surface area contributed by atoms with E-state index in [-0.39, 0.29) is 11.8 Å². The predicted molar refractivity (Wildman–Crippen MR) is 72.5 cm³/mol. The fraction of sp³-hybridized carbons (Fsp3) is 0.615. The van der Waals surface area contributed by atoms with Crippen molar-refractivity contribution in [1.29, 1.82) is 0 Å². The molecule has 2 atom stereocenters. The molecule has 0 spiro atoms. The standard InChI is InChI=1S/C13H19N3O3/c1-9-4-3-5-11(6-9)19-13-8-10(16(17)18)7-12(14-2)15-13/h7-9,11H,3-6H2,1-2H3,(H,14,15). The maximum Gasteiger partial charge on any atom is 0.278 e. The van der Waals surface area contributed by atoms with Crippen LogP contribution in [-0.4, -0.2) is 23.1 Å². The van der Waals surface area contributed by atoms with Crippen molar-refractivity contribution in [2.45, 2.75) is 38.7 Å². The van der Waals surface area contributed by atoms with Crippen molar-refractivity contribution in [2.24, 2.45) is 5.92 Å². The van der Waals surface area contributed by atoms with Gasteiger partial charge in [0.1, 0.15) is 11.9 Å². The molecule has 2 rings (SSSR count). The first-order valence-electron chi connectivity index (χ1n) is 6.59. The molecule has 0 amide bonds. The highest BCUT2D eigenvalue weighted by atomic mass is 16.6. The summed E-state index contributed by atoms with van der Waals surface area (Å²) in [6, 6.07) is 2.79. The Hall–Kier alpha value is -1.85. The maximum absolute atomic E-state index is 10.9. The third-order valence-corrected chi connectivity index (χ3v) is 3.43. The van der Waals surface area contributed by atoms with Crippen molar-refractivity contribution in [3.05, 3.63) is 22.2 Å². The van der Waals surface area contributed by atoms with Gasteiger partial charge in [0.25, 0.3) is 5.69 Å². The third kappa shape index (κ3) is 3.56. The van der Waals surface area contributed by atoms with Crippen LogP contribution in [0.15, 0.2) is 12.1 Å². The molecule has 0 radical (unpaired) electrons. The van der Waals surface area contributed by atoms with Crippen molar-refractivity contribution >= 4 is 11.5 Å². The third-order valence-electron chi connectivity index (χ3n) is 3.43. The van der Waals surface area contributed by atoms with E-state index in [4.69, 9.17) is 4.74 Å². The van der Waals surface area contributed by atoms with Gasteiger partial charge in [-0.05, 0) is 25.2 Å². The fourth-order valence-corrected chi connectivity index (χ4v) is 2.44. The lowest BCUT2D eigenvalue weighted by molar-refractivity contribution is -0.384. The summed E-state index contributed by atoms with van der Waals surface area (Å²) >= 11 is 0. The minimum absolute atomic E-state index is 0.00166. The number of hydrogen-bond donors (Lipinski definition) is 1. The Bertz CT molecular complexity index is 464. The molecule has 104 valence electrons. The minimum Gasteiger partial charge on any atom is -0.474 e. The highest BCUT2D eigenvalue weighted by molar-refractivity contribution is 5.47. The average Bonchev–Trinajstić information content (AvgIpc) is 2.38. The summed E-state index contributed by atoms with van der Waals surface area (Å²) in [6.07, 6.45) is 4.45. The number of hydrogen-bond acceptors (Lipinski definition) is 5. The molecule has 1 N–H and O–H groups in total. The summed E-state index contributed by atoms with van der Waals surface area (Å²) in [5.41, 5.74) is -0.00166. The fourth-order valence-electron chi connectivity index (χ4n) is 2.44. The molecule has 6 heteroatoms.